The molecular weight excluding hydrogens is 308 g/mol. The molecule has 2 heterocycles. The van der Waals surface area contributed by atoms with Gasteiger partial charge >= 0.3 is 0 Å². The first kappa shape index (κ1) is 16.1. The zero-order chi connectivity index (χ0) is 15.3. The molecule has 5 nitrogen and oxygen atoms in total. The number of hydrogen-bond donors (Lipinski definition) is 2. The van der Waals surface area contributed by atoms with E-state index < -0.39 is 15.9 Å². The molecule has 0 bridgehead atoms. The minimum Gasteiger partial charge on any atom is -0.391 e. The summed E-state index contributed by atoms with van der Waals surface area (Å²) < 4.78 is 24.3. The van der Waals surface area contributed by atoms with Crippen LogP contribution in [-0.4, -0.2) is 36.9 Å². The number of aromatic nitrogens is 1. The monoisotopic (exact) mass is 326 g/mol. The Balaban J connectivity index is 1.83. The lowest BCUT2D eigenvalue weighted by molar-refractivity contribution is 0.193. The van der Waals surface area contributed by atoms with Crippen molar-refractivity contribution in [3.05, 3.63) is 47.1 Å². The second-order valence-corrected chi connectivity index (χ2v) is 7.95. The van der Waals surface area contributed by atoms with Gasteiger partial charge in [-0.25, -0.2) is 8.42 Å². The van der Waals surface area contributed by atoms with Crippen LogP contribution >= 0.6 is 11.3 Å². The van der Waals surface area contributed by atoms with Gasteiger partial charge in [-0.15, -0.1) is 11.3 Å². The van der Waals surface area contributed by atoms with E-state index in [1.807, 2.05) is 19.1 Å². The molecule has 2 N–H and O–H groups in total. The average Bonchev–Trinajstić information content (AvgIpc) is 2.95. The summed E-state index contributed by atoms with van der Waals surface area (Å²) in [6.45, 7) is 2.68. The largest absolute Gasteiger partial charge is 0.391 e. The lowest BCUT2D eigenvalue weighted by Gasteiger charge is -2.12. The van der Waals surface area contributed by atoms with E-state index in [4.69, 9.17) is 0 Å². The van der Waals surface area contributed by atoms with E-state index in [9.17, 15) is 13.5 Å². The van der Waals surface area contributed by atoms with E-state index >= 15 is 0 Å². The Labute approximate surface area is 128 Å². The van der Waals surface area contributed by atoms with Crippen LogP contribution in [0.3, 0.4) is 0 Å². The molecule has 0 spiro atoms. The highest BCUT2D eigenvalue weighted by atomic mass is 32.2. The fourth-order valence-corrected chi connectivity index (χ4v) is 4.39. The maximum absolute atomic E-state index is 12.0. The third kappa shape index (κ3) is 4.60. The molecule has 21 heavy (non-hydrogen) atoms. The van der Waals surface area contributed by atoms with Crippen molar-refractivity contribution < 1.29 is 13.5 Å². The topological polar surface area (TPSA) is 79.3 Å². The SMILES string of the molecule is Cc1ncccc1CNCC(O)CS(=O)(=O)c1cccs1. The number of aliphatic hydroxyl groups is 1. The highest BCUT2D eigenvalue weighted by molar-refractivity contribution is 7.93. The summed E-state index contributed by atoms with van der Waals surface area (Å²) in [4.78, 5) is 4.17. The number of hydrogen-bond acceptors (Lipinski definition) is 6. The van der Waals surface area contributed by atoms with Gasteiger partial charge in [0.05, 0.1) is 11.9 Å². The van der Waals surface area contributed by atoms with Crippen LogP contribution in [0.5, 0.6) is 0 Å². The van der Waals surface area contributed by atoms with E-state index in [-0.39, 0.29) is 12.3 Å². The molecule has 2 aromatic heterocycles. The minimum absolute atomic E-state index is 0.221. The molecule has 7 heteroatoms. The smallest absolute Gasteiger partial charge is 0.190 e. The fourth-order valence-electron chi connectivity index (χ4n) is 1.91. The number of nitrogens with zero attached hydrogens (tertiary/aromatic N) is 1. The van der Waals surface area contributed by atoms with Crippen molar-refractivity contribution in [2.45, 2.75) is 23.8 Å². The first-order valence-corrected chi connectivity index (χ1v) is 9.08. The van der Waals surface area contributed by atoms with Gasteiger partial charge in [0.25, 0.3) is 0 Å². The van der Waals surface area contributed by atoms with Crippen molar-refractivity contribution in [2.24, 2.45) is 0 Å². The van der Waals surface area contributed by atoms with Crippen molar-refractivity contribution in [2.75, 3.05) is 12.3 Å². The molecule has 114 valence electrons. The predicted molar refractivity (Wildman–Crippen MR) is 83.1 cm³/mol. The maximum Gasteiger partial charge on any atom is 0.190 e. The zero-order valence-electron chi connectivity index (χ0n) is 11.7. The number of pyridine rings is 1. The number of rotatable bonds is 7. The first-order chi connectivity index (χ1) is 9.99. The Bertz CT molecular complexity index is 669. The second kappa shape index (κ2) is 7.13. The lowest BCUT2D eigenvalue weighted by atomic mass is 10.2. The van der Waals surface area contributed by atoms with Crippen molar-refractivity contribution in [1.29, 1.82) is 0 Å². The molecule has 0 aliphatic heterocycles. The summed E-state index contributed by atoms with van der Waals surface area (Å²) in [7, 11) is -3.40. The summed E-state index contributed by atoms with van der Waals surface area (Å²) in [6.07, 6.45) is 0.787. The Morgan fingerprint density at radius 3 is 2.86 bits per heavy atom. The Hall–Kier alpha value is -1.28. The molecule has 0 amide bonds. The van der Waals surface area contributed by atoms with Gasteiger partial charge in [0.1, 0.15) is 4.21 Å². The first-order valence-electron chi connectivity index (χ1n) is 6.54. The molecule has 2 rings (SSSR count). The number of sulfone groups is 1. The quantitative estimate of drug-likeness (QED) is 0.803. The van der Waals surface area contributed by atoms with Gasteiger partial charge < -0.3 is 10.4 Å². The number of nitrogens with one attached hydrogen (secondary N) is 1. The summed E-state index contributed by atoms with van der Waals surface area (Å²) in [5, 5.41) is 14.6. The molecule has 0 radical (unpaired) electrons. The van der Waals surface area contributed by atoms with Crippen LogP contribution in [0, 0.1) is 6.92 Å². The van der Waals surface area contributed by atoms with Gasteiger partial charge in [0.2, 0.25) is 0 Å². The number of thiophene rings is 1. The molecule has 0 aromatic carbocycles. The standard InChI is InChI=1S/C14H18N2O3S2/c1-11-12(4-2-6-16-11)8-15-9-13(17)10-21(18,19)14-5-3-7-20-14/h2-7,13,15,17H,8-10H2,1H3. The van der Waals surface area contributed by atoms with Crippen LogP contribution < -0.4 is 5.32 Å². The van der Waals surface area contributed by atoms with Gasteiger partial charge in [-0.3, -0.25) is 4.98 Å². The van der Waals surface area contributed by atoms with E-state index in [0.29, 0.717) is 10.8 Å². The van der Waals surface area contributed by atoms with E-state index in [2.05, 4.69) is 10.3 Å². The van der Waals surface area contributed by atoms with E-state index in [1.165, 1.54) is 11.3 Å². The molecule has 0 aliphatic carbocycles. The Morgan fingerprint density at radius 2 is 2.19 bits per heavy atom. The second-order valence-electron chi connectivity index (χ2n) is 4.75. The van der Waals surface area contributed by atoms with Gasteiger partial charge in [0, 0.05) is 25.0 Å². The van der Waals surface area contributed by atoms with Gasteiger partial charge in [-0.2, -0.15) is 0 Å². The third-order valence-corrected chi connectivity index (χ3v) is 6.31. The number of aliphatic hydroxyl groups excluding tert-OH is 1. The summed E-state index contributed by atoms with van der Waals surface area (Å²) in [5.74, 6) is -0.271. The Morgan fingerprint density at radius 1 is 1.38 bits per heavy atom. The third-order valence-electron chi connectivity index (χ3n) is 3.03. The van der Waals surface area contributed by atoms with E-state index in [1.54, 1.807) is 23.7 Å². The van der Waals surface area contributed by atoms with Crippen LogP contribution in [-0.2, 0) is 16.4 Å². The average molecular weight is 326 g/mol. The Kier molecular flexibility index (Phi) is 5.46. The predicted octanol–water partition coefficient (Wildman–Crippen LogP) is 1.38. The van der Waals surface area contributed by atoms with Crippen LogP contribution in [0.4, 0.5) is 0 Å². The lowest BCUT2D eigenvalue weighted by Crippen LogP contribution is -2.32. The summed E-state index contributed by atoms with van der Waals surface area (Å²) >= 11 is 1.17. The van der Waals surface area contributed by atoms with Crippen LogP contribution in [0.2, 0.25) is 0 Å². The highest BCUT2D eigenvalue weighted by Gasteiger charge is 2.20. The van der Waals surface area contributed by atoms with Crippen molar-refractivity contribution in [1.82, 2.24) is 10.3 Å². The van der Waals surface area contributed by atoms with Crippen molar-refractivity contribution in [3.8, 4) is 0 Å². The van der Waals surface area contributed by atoms with Gasteiger partial charge in [-0.1, -0.05) is 12.1 Å². The minimum atomic E-state index is -3.40. The van der Waals surface area contributed by atoms with Crippen molar-refractivity contribution in [3.63, 3.8) is 0 Å². The van der Waals surface area contributed by atoms with Crippen molar-refractivity contribution >= 4 is 21.2 Å². The maximum atomic E-state index is 12.0. The molecule has 2 aromatic rings. The molecule has 0 fully saturated rings. The molecule has 1 unspecified atom stereocenters. The van der Waals surface area contributed by atoms with Gasteiger partial charge in [-0.05, 0) is 30.0 Å². The summed E-state index contributed by atoms with van der Waals surface area (Å²) in [6, 6.07) is 7.04. The fraction of sp³-hybridized carbons (Fsp3) is 0.357. The summed E-state index contributed by atoms with van der Waals surface area (Å²) in [5.41, 5.74) is 1.96. The molecule has 1 atom stereocenters. The molecular formula is C14H18N2O3S2. The van der Waals surface area contributed by atoms with Crippen LogP contribution in [0.25, 0.3) is 0 Å². The van der Waals surface area contributed by atoms with Gasteiger partial charge in [0.15, 0.2) is 9.84 Å². The normalized spacial score (nSPS) is 13.2. The molecule has 0 saturated heterocycles. The highest BCUT2D eigenvalue weighted by Crippen LogP contribution is 2.18. The van der Waals surface area contributed by atoms with Crippen LogP contribution in [0.1, 0.15) is 11.3 Å². The van der Waals surface area contributed by atoms with E-state index in [0.717, 1.165) is 11.3 Å². The number of aryl methyl sites for hydroxylation is 1. The molecule has 0 saturated carbocycles. The zero-order valence-corrected chi connectivity index (χ0v) is 13.3. The van der Waals surface area contributed by atoms with Crippen LogP contribution in [0.15, 0.2) is 40.1 Å². The molecule has 0 aliphatic rings.